The van der Waals surface area contributed by atoms with Crippen molar-refractivity contribution in [1.29, 1.82) is 0 Å². The lowest BCUT2D eigenvalue weighted by Gasteiger charge is -2.44. The van der Waals surface area contributed by atoms with Crippen LogP contribution in [0.5, 0.6) is 0 Å². The van der Waals surface area contributed by atoms with Gasteiger partial charge in [-0.2, -0.15) is 8.42 Å². The van der Waals surface area contributed by atoms with Crippen LogP contribution in [0.2, 0.25) is 36.3 Å². The van der Waals surface area contributed by atoms with Gasteiger partial charge in [0, 0.05) is 19.6 Å². The van der Waals surface area contributed by atoms with Crippen LogP contribution >= 0.6 is 0 Å². The fraction of sp³-hybridized carbons (Fsp3) is 0.564. The third kappa shape index (κ3) is 9.67. The maximum Gasteiger partial charge on any atom is 0.264 e. The molecule has 296 valence electrons. The van der Waals surface area contributed by atoms with Crippen LogP contribution in [-0.4, -0.2) is 89.4 Å². The lowest BCUT2D eigenvalue weighted by molar-refractivity contribution is -0.0553. The number of fused-ring (bicyclic) bond motifs is 1. The van der Waals surface area contributed by atoms with Crippen molar-refractivity contribution in [2.24, 2.45) is 0 Å². The van der Waals surface area contributed by atoms with Gasteiger partial charge in [0.25, 0.3) is 10.1 Å². The lowest BCUT2D eigenvalue weighted by Crippen LogP contribution is -2.54. The second-order valence-corrected chi connectivity index (χ2v) is 28.4. The zero-order valence-electron chi connectivity index (χ0n) is 33.9. The largest absolute Gasteiger partial charge is 0.408 e. The Balaban J connectivity index is 1.68. The molecule has 54 heavy (non-hydrogen) atoms. The molecule has 4 aromatic rings. The zero-order chi connectivity index (χ0) is 39.7. The van der Waals surface area contributed by atoms with E-state index >= 15 is 0 Å². The molecule has 0 unspecified atom stereocenters. The smallest absolute Gasteiger partial charge is 0.264 e. The van der Waals surface area contributed by atoms with E-state index in [0.29, 0.717) is 23.7 Å². The minimum absolute atomic E-state index is 0.00912. The van der Waals surface area contributed by atoms with Crippen molar-refractivity contribution in [3.8, 4) is 0 Å². The highest BCUT2D eigenvalue weighted by Crippen LogP contribution is 2.47. The molecule has 2 aromatic heterocycles. The quantitative estimate of drug-likeness (QED) is 0.0930. The van der Waals surface area contributed by atoms with Gasteiger partial charge in [-0.1, -0.05) is 102 Å². The number of imidazole rings is 1. The van der Waals surface area contributed by atoms with Crippen molar-refractivity contribution < 1.29 is 30.9 Å². The van der Waals surface area contributed by atoms with Gasteiger partial charge in [0.1, 0.15) is 30.4 Å². The first-order chi connectivity index (χ1) is 25.1. The first-order valence-electron chi connectivity index (χ1n) is 18.5. The molecule has 5 rings (SSSR count). The molecule has 1 aliphatic rings. The molecule has 0 radical (unpaired) electrons. The second-order valence-electron chi connectivity index (χ2n) is 17.2. The Kier molecular flexibility index (Phi) is 12.6. The maximum absolute atomic E-state index is 11.9. The molecule has 1 N–H and O–H groups in total. The van der Waals surface area contributed by atoms with Crippen LogP contribution < -0.4 is 5.32 Å². The number of nitrogens with zero attached hydrogens (tertiary/aromatic N) is 4. The van der Waals surface area contributed by atoms with Crippen molar-refractivity contribution in [3.05, 3.63) is 83.8 Å². The van der Waals surface area contributed by atoms with Gasteiger partial charge >= 0.3 is 0 Å². The predicted molar refractivity (Wildman–Crippen MR) is 218 cm³/mol. The molecule has 0 saturated carbocycles. The Morgan fingerprint density at radius 1 is 0.852 bits per heavy atom. The van der Waals surface area contributed by atoms with E-state index in [1.165, 1.54) is 0 Å². The third-order valence-corrected chi connectivity index (χ3v) is 20.6. The first kappa shape index (κ1) is 42.1. The van der Waals surface area contributed by atoms with E-state index in [-0.39, 0.29) is 35.0 Å². The van der Waals surface area contributed by atoms with Crippen LogP contribution in [0.25, 0.3) is 11.2 Å². The third-order valence-electron chi connectivity index (χ3n) is 11.1. The molecular formula is C39H59N5O7SSi2. The number of anilines is 1. The number of hydrogen-bond donors (Lipinski definition) is 1. The Hall–Kier alpha value is -3.03. The highest BCUT2D eigenvalue weighted by Gasteiger charge is 2.55. The number of aromatic nitrogens is 4. The van der Waals surface area contributed by atoms with Gasteiger partial charge in [-0.05, 0) is 47.4 Å². The van der Waals surface area contributed by atoms with E-state index in [2.05, 4.69) is 102 Å². The topological polar surface area (TPSA) is 136 Å². The summed E-state index contributed by atoms with van der Waals surface area (Å²) < 4.78 is 58.4. The van der Waals surface area contributed by atoms with Gasteiger partial charge in [0.2, 0.25) is 5.95 Å². The Morgan fingerprint density at radius 2 is 1.39 bits per heavy atom. The molecule has 0 spiro atoms. The number of benzene rings is 2. The standard InChI is InChI=1S/C39H59N5O7SSi2/c1-38(2,3)53(9,10)50-33-31(25-47-7)49-36(34(33)51-54(11,12)39(4,5)6)44-35-30(24-40-32(43-35)26-48-52(8,45)46)42-37(44)41-23-29(27-19-15-13-16-20-27)28-21-17-14-18-22-28/h13-22,24,29,31,33-34,36H,23,25-26H2,1-12H3,(H,41,42)/t31-,33-,34-,36-/m1/s1. The normalized spacial score (nSPS) is 20.2. The van der Waals surface area contributed by atoms with Crippen molar-refractivity contribution in [2.75, 3.05) is 31.8 Å². The van der Waals surface area contributed by atoms with Gasteiger partial charge in [-0.3, -0.25) is 8.75 Å². The van der Waals surface area contributed by atoms with E-state index in [1.807, 2.05) is 41.0 Å². The van der Waals surface area contributed by atoms with Gasteiger partial charge in [-0.15, -0.1) is 0 Å². The summed E-state index contributed by atoms with van der Waals surface area (Å²) in [5.74, 6) is 0.690. The summed E-state index contributed by atoms with van der Waals surface area (Å²) in [7, 11) is -6.90. The number of rotatable bonds is 15. The second kappa shape index (κ2) is 16.2. The SMILES string of the molecule is COC[C@H]1O[C@@H](n2c(NCC(c3ccccc3)c3ccccc3)nc3cnc(COS(C)(=O)=O)nc32)[C@H](O[Si](C)(C)C(C)(C)C)[C@@H]1O[Si](C)(C)C(C)(C)C. The molecule has 0 amide bonds. The van der Waals surface area contributed by atoms with Crippen LogP contribution in [0.4, 0.5) is 5.95 Å². The molecule has 1 saturated heterocycles. The Labute approximate surface area is 323 Å². The van der Waals surface area contributed by atoms with E-state index in [4.69, 9.17) is 32.5 Å². The molecule has 15 heteroatoms. The van der Waals surface area contributed by atoms with E-state index in [0.717, 1.165) is 17.4 Å². The maximum atomic E-state index is 11.9. The molecular weight excluding hydrogens is 739 g/mol. The van der Waals surface area contributed by atoms with Gasteiger partial charge in [0.15, 0.2) is 34.3 Å². The van der Waals surface area contributed by atoms with Crippen molar-refractivity contribution in [3.63, 3.8) is 0 Å². The Morgan fingerprint density at radius 3 is 1.89 bits per heavy atom. The monoisotopic (exact) mass is 797 g/mol. The van der Waals surface area contributed by atoms with Crippen LogP contribution in [0, 0.1) is 0 Å². The van der Waals surface area contributed by atoms with E-state index in [1.54, 1.807) is 13.3 Å². The summed E-state index contributed by atoms with van der Waals surface area (Å²) in [4.78, 5) is 14.3. The van der Waals surface area contributed by atoms with Gasteiger partial charge in [0.05, 0.1) is 19.1 Å². The first-order valence-corrected chi connectivity index (χ1v) is 26.2. The molecule has 12 nitrogen and oxygen atoms in total. The van der Waals surface area contributed by atoms with E-state index < -0.39 is 51.3 Å². The fourth-order valence-corrected chi connectivity index (χ4v) is 8.95. The van der Waals surface area contributed by atoms with Crippen LogP contribution in [-0.2, 0) is 39.2 Å². The summed E-state index contributed by atoms with van der Waals surface area (Å²) in [5.41, 5.74) is 3.26. The average Bonchev–Trinajstić information content (AvgIpc) is 3.59. The highest BCUT2D eigenvalue weighted by molar-refractivity contribution is 7.85. The van der Waals surface area contributed by atoms with Crippen LogP contribution in [0.3, 0.4) is 0 Å². The molecule has 2 aromatic carbocycles. The number of hydrogen-bond acceptors (Lipinski definition) is 11. The minimum atomic E-state index is -3.74. The van der Waals surface area contributed by atoms with Crippen molar-refractivity contribution in [1.82, 2.24) is 19.5 Å². The zero-order valence-corrected chi connectivity index (χ0v) is 36.7. The van der Waals surface area contributed by atoms with Crippen molar-refractivity contribution >= 4 is 43.9 Å². The highest BCUT2D eigenvalue weighted by atomic mass is 32.2. The summed E-state index contributed by atoms with van der Waals surface area (Å²) >= 11 is 0. The Bertz CT molecular complexity index is 1930. The van der Waals surface area contributed by atoms with Gasteiger partial charge in [-0.25, -0.2) is 15.0 Å². The number of nitrogens with one attached hydrogen (secondary N) is 1. The minimum Gasteiger partial charge on any atom is -0.408 e. The lowest BCUT2D eigenvalue weighted by atomic mass is 9.91. The molecule has 1 fully saturated rings. The number of ether oxygens (including phenoxy) is 2. The van der Waals surface area contributed by atoms with Crippen molar-refractivity contribution in [2.45, 2.75) is 115 Å². The molecule has 1 aliphatic heterocycles. The molecule has 0 bridgehead atoms. The van der Waals surface area contributed by atoms with Crippen LogP contribution in [0.15, 0.2) is 66.9 Å². The number of methoxy groups -OCH3 is 1. The molecule has 0 aliphatic carbocycles. The summed E-state index contributed by atoms with van der Waals surface area (Å²) in [6, 6.07) is 20.7. The summed E-state index contributed by atoms with van der Waals surface area (Å²) in [6.07, 6.45) is 0.347. The fourth-order valence-electron chi connectivity index (χ4n) is 6.03. The molecule has 3 heterocycles. The van der Waals surface area contributed by atoms with Gasteiger partial charge < -0.3 is 23.6 Å². The van der Waals surface area contributed by atoms with Crippen LogP contribution in [0.1, 0.15) is 70.6 Å². The predicted octanol–water partition coefficient (Wildman–Crippen LogP) is 7.87. The summed E-state index contributed by atoms with van der Waals surface area (Å²) in [6.45, 7) is 22.7. The summed E-state index contributed by atoms with van der Waals surface area (Å²) in [5, 5.41) is 3.47. The van der Waals surface area contributed by atoms with E-state index in [9.17, 15) is 8.42 Å². The average molecular weight is 798 g/mol. The molecule has 4 atom stereocenters.